The zero-order valence-electron chi connectivity index (χ0n) is 4.02. The maximum absolute atomic E-state index is 8.29. The van der Waals surface area contributed by atoms with Crippen LogP contribution in [0, 0.1) is 0 Å². The summed E-state index contributed by atoms with van der Waals surface area (Å²) in [7, 11) is 0. The van der Waals surface area contributed by atoms with E-state index in [0.29, 0.717) is 0 Å². The number of aliphatic hydroxyl groups excluding tert-OH is 1. The molecule has 6 heteroatoms. The second kappa shape index (κ2) is 1.74. The number of hydrogen-bond donors (Lipinski definition) is 2. The van der Waals surface area contributed by atoms with E-state index in [1.54, 1.807) is 0 Å². The fourth-order valence-electron chi connectivity index (χ4n) is 0.316. The number of aromatic nitrogens is 4. The highest BCUT2D eigenvalue weighted by Gasteiger charge is 1.91. The maximum atomic E-state index is 8.29. The standard InChI is InChI=1S/C2H5N5O/c3-2-4-6-7(1-8)5-2/h8H,1H2,(H2,3,5). The molecule has 0 aliphatic rings. The Morgan fingerprint density at radius 2 is 2.50 bits per heavy atom. The summed E-state index contributed by atoms with van der Waals surface area (Å²) in [5.74, 6) is 0.0686. The normalized spacial score (nSPS) is 9.62. The molecule has 8 heavy (non-hydrogen) atoms. The highest BCUT2D eigenvalue weighted by Crippen LogP contribution is 1.80. The molecule has 3 N–H and O–H groups in total. The van der Waals surface area contributed by atoms with E-state index in [1.807, 2.05) is 0 Å². The van der Waals surface area contributed by atoms with Crippen LogP contribution in [0.5, 0.6) is 0 Å². The van der Waals surface area contributed by atoms with Crippen LogP contribution < -0.4 is 5.73 Å². The van der Waals surface area contributed by atoms with Crippen molar-refractivity contribution in [3.8, 4) is 0 Å². The van der Waals surface area contributed by atoms with Gasteiger partial charge in [0.2, 0.25) is 0 Å². The van der Waals surface area contributed by atoms with Crippen LogP contribution in [-0.2, 0) is 6.73 Å². The van der Waals surface area contributed by atoms with Crippen molar-refractivity contribution in [3.05, 3.63) is 0 Å². The third-order valence-corrected chi connectivity index (χ3v) is 0.595. The molecule has 0 saturated heterocycles. The van der Waals surface area contributed by atoms with E-state index in [9.17, 15) is 0 Å². The molecule has 0 saturated carbocycles. The van der Waals surface area contributed by atoms with Gasteiger partial charge in [0.05, 0.1) is 0 Å². The van der Waals surface area contributed by atoms with Crippen molar-refractivity contribution < 1.29 is 5.11 Å². The van der Waals surface area contributed by atoms with Crippen LogP contribution in [0.3, 0.4) is 0 Å². The predicted molar refractivity (Wildman–Crippen MR) is 24.4 cm³/mol. The molecule has 1 heterocycles. The first-order chi connectivity index (χ1) is 3.83. The van der Waals surface area contributed by atoms with Gasteiger partial charge in [0.15, 0.2) is 6.73 Å². The first-order valence-corrected chi connectivity index (χ1v) is 1.97. The summed E-state index contributed by atoms with van der Waals surface area (Å²) in [6, 6.07) is 0. The molecule has 44 valence electrons. The number of tetrazole rings is 1. The van der Waals surface area contributed by atoms with Crippen molar-refractivity contribution in [2.75, 3.05) is 5.73 Å². The first-order valence-electron chi connectivity index (χ1n) is 1.97. The molecule has 0 aliphatic heterocycles. The first kappa shape index (κ1) is 4.98. The van der Waals surface area contributed by atoms with Crippen LogP contribution in [0.2, 0.25) is 0 Å². The molecule has 0 atom stereocenters. The van der Waals surface area contributed by atoms with Gasteiger partial charge < -0.3 is 10.8 Å². The molecule has 1 aromatic heterocycles. The van der Waals surface area contributed by atoms with E-state index in [1.165, 1.54) is 0 Å². The average molecular weight is 115 g/mol. The lowest BCUT2D eigenvalue weighted by atomic mass is 11.1. The van der Waals surface area contributed by atoms with Crippen molar-refractivity contribution >= 4 is 5.95 Å². The Kier molecular flexibility index (Phi) is 1.09. The van der Waals surface area contributed by atoms with Crippen molar-refractivity contribution in [1.82, 2.24) is 20.2 Å². The predicted octanol–water partition coefficient (Wildman–Crippen LogP) is -1.79. The highest BCUT2D eigenvalue weighted by atomic mass is 16.3. The fraction of sp³-hybridized carbons (Fsp3) is 0.500. The molecule has 0 fully saturated rings. The van der Waals surface area contributed by atoms with Crippen molar-refractivity contribution in [1.29, 1.82) is 0 Å². The summed E-state index contributed by atoms with van der Waals surface area (Å²) in [5, 5.41) is 18.4. The fourth-order valence-corrected chi connectivity index (χ4v) is 0.316. The Balaban J connectivity index is 2.84. The van der Waals surface area contributed by atoms with Gasteiger partial charge in [-0.25, -0.2) is 0 Å². The van der Waals surface area contributed by atoms with Crippen molar-refractivity contribution in [3.63, 3.8) is 0 Å². The van der Waals surface area contributed by atoms with Gasteiger partial charge in [0, 0.05) is 0 Å². The molecule has 1 aromatic rings. The zero-order valence-corrected chi connectivity index (χ0v) is 4.02. The quantitative estimate of drug-likeness (QED) is 0.451. The minimum atomic E-state index is -0.288. The molecule has 1 rings (SSSR count). The number of anilines is 1. The van der Waals surface area contributed by atoms with E-state index >= 15 is 0 Å². The largest absolute Gasteiger partial charge is 0.373 e. The van der Waals surface area contributed by atoms with E-state index in [0.717, 1.165) is 4.80 Å². The number of aliphatic hydroxyl groups is 1. The maximum Gasteiger partial charge on any atom is 0.260 e. The summed E-state index contributed by atoms with van der Waals surface area (Å²) in [5.41, 5.74) is 5.04. The van der Waals surface area contributed by atoms with Crippen LogP contribution in [0.4, 0.5) is 5.95 Å². The minimum Gasteiger partial charge on any atom is -0.373 e. The second-order valence-electron chi connectivity index (χ2n) is 1.16. The monoisotopic (exact) mass is 115 g/mol. The minimum absolute atomic E-state index is 0.0686. The van der Waals surface area contributed by atoms with E-state index < -0.39 is 0 Å². The van der Waals surface area contributed by atoms with Crippen LogP contribution in [0.1, 0.15) is 0 Å². The number of nitrogens with two attached hydrogens (primary N) is 1. The van der Waals surface area contributed by atoms with Crippen LogP contribution in [0.15, 0.2) is 0 Å². The molecule has 0 bridgehead atoms. The molecular formula is C2H5N5O. The third kappa shape index (κ3) is 0.733. The average Bonchev–Trinajstić information content (AvgIpc) is 2.14. The Bertz CT molecular complexity index is 171. The molecule has 0 unspecified atom stereocenters. The Morgan fingerprint density at radius 1 is 1.75 bits per heavy atom. The van der Waals surface area contributed by atoms with Gasteiger partial charge in [-0.15, -0.1) is 9.90 Å². The molecule has 0 spiro atoms. The van der Waals surface area contributed by atoms with Gasteiger partial charge in [-0.2, -0.15) is 0 Å². The number of nitrogen functional groups attached to an aromatic ring is 1. The van der Waals surface area contributed by atoms with Gasteiger partial charge in [0.25, 0.3) is 5.95 Å². The van der Waals surface area contributed by atoms with Crippen molar-refractivity contribution in [2.45, 2.75) is 6.73 Å². The lowest BCUT2D eigenvalue weighted by molar-refractivity contribution is 0.175. The number of nitrogens with zero attached hydrogens (tertiary/aromatic N) is 4. The molecule has 0 radical (unpaired) electrons. The topological polar surface area (TPSA) is 89.8 Å². The summed E-state index contributed by atoms with van der Waals surface area (Å²) < 4.78 is 0. The smallest absolute Gasteiger partial charge is 0.260 e. The molecule has 0 aliphatic carbocycles. The van der Waals surface area contributed by atoms with Gasteiger partial charge in [-0.3, -0.25) is 0 Å². The lowest BCUT2D eigenvalue weighted by Gasteiger charge is -1.82. The van der Waals surface area contributed by atoms with E-state index in [4.69, 9.17) is 10.8 Å². The van der Waals surface area contributed by atoms with E-state index in [-0.39, 0.29) is 12.7 Å². The second-order valence-corrected chi connectivity index (χ2v) is 1.16. The summed E-state index contributed by atoms with van der Waals surface area (Å²) in [6.07, 6.45) is 0. The number of rotatable bonds is 1. The Hall–Kier alpha value is -1.17. The molecular weight excluding hydrogens is 110 g/mol. The molecule has 0 aromatic carbocycles. The van der Waals surface area contributed by atoms with E-state index in [2.05, 4.69) is 15.4 Å². The summed E-state index contributed by atoms with van der Waals surface area (Å²) in [4.78, 5) is 0.981. The summed E-state index contributed by atoms with van der Waals surface area (Å²) >= 11 is 0. The SMILES string of the molecule is Nc1nnn(CO)n1. The highest BCUT2D eigenvalue weighted by molar-refractivity contribution is 5.05. The summed E-state index contributed by atoms with van der Waals surface area (Å²) in [6.45, 7) is -0.288. The molecule has 0 amide bonds. The van der Waals surface area contributed by atoms with Crippen LogP contribution in [0.25, 0.3) is 0 Å². The third-order valence-electron chi connectivity index (χ3n) is 0.595. The Labute approximate surface area is 44.9 Å². The zero-order chi connectivity index (χ0) is 5.98. The van der Waals surface area contributed by atoms with Gasteiger partial charge in [-0.05, 0) is 5.21 Å². The van der Waals surface area contributed by atoms with Crippen molar-refractivity contribution in [2.24, 2.45) is 0 Å². The Morgan fingerprint density at radius 3 is 2.75 bits per heavy atom. The van der Waals surface area contributed by atoms with Crippen LogP contribution >= 0.6 is 0 Å². The van der Waals surface area contributed by atoms with Gasteiger partial charge in [0.1, 0.15) is 0 Å². The van der Waals surface area contributed by atoms with Gasteiger partial charge in [-0.1, -0.05) is 5.10 Å². The van der Waals surface area contributed by atoms with Gasteiger partial charge >= 0.3 is 0 Å². The lowest BCUT2D eigenvalue weighted by Crippen LogP contribution is -2.01. The molecule has 6 nitrogen and oxygen atoms in total. The van der Waals surface area contributed by atoms with Crippen LogP contribution in [-0.4, -0.2) is 25.3 Å². The number of hydrogen-bond acceptors (Lipinski definition) is 5.